The van der Waals surface area contributed by atoms with Gasteiger partial charge in [-0.15, -0.1) is 11.3 Å². The van der Waals surface area contributed by atoms with Gasteiger partial charge in [0.25, 0.3) is 5.91 Å². The van der Waals surface area contributed by atoms with E-state index in [1.807, 2.05) is 13.8 Å². The molecule has 0 saturated heterocycles. The number of amides is 1. The Hall–Kier alpha value is -1.68. The number of aromatic nitrogens is 1. The van der Waals surface area contributed by atoms with Gasteiger partial charge in [-0.05, 0) is 51.2 Å². The van der Waals surface area contributed by atoms with Crippen molar-refractivity contribution in [2.24, 2.45) is 0 Å². The number of aryl methyl sites for hydroxylation is 3. The largest absolute Gasteiger partial charge is 0.345 e. The Morgan fingerprint density at radius 3 is 2.57 bits per heavy atom. The van der Waals surface area contributed by atoms with Crippen LogP contribution in [0.5, 0.6) is 0 Å². The first-order valence-corrected chi connectivity index (χ1v) is 8.12. The zero-order valence-corrected chi connectivity index (χ0v) is 13.5. The second kappa shape index (κ2) is 5.26. The summed E-state index contributed by atoms with van der Waals surface area (Å²) in [6, 6.07) is 8.40. The lowest BCUT2D eigenvalue weighted by molar-refractivity contribution is 0.0926. The molecule has 0 aliphatic heterocycles. The van der Waals surface area contributed by atoms with Gasteiger partial charge in [-0.1, -0.05) is 24.3 Å². The van der Waals surface area contributed by atoms with Crippen molar-refractivity contribution in [3.8, 4) is 0 Å². The zero-order chi connectivity index (χ0) is 15.0. The van der Waals surface area contributed by atoms with Gasteiger partial charge >= 0.3 is 0 Å². The van der Waals surface area contributed by atoms with Crippen molar-refractivity contribution in [2.75, 3.05) is 0 Å². The molecule has 1 aliphatic carbocycles. The second-order valence-corrected chi connectivity index (χ2v) is 7.38. The molecule has 0 bridgehead atoms. The minimum Gasteiger partial charge on any atom is -0.345 e. The Labute approximate surface area is 129 Å². The number of benzene rings is 1. The predicted octanol–water partition coefficient (Wildman–Crippen LogP) is 3.57. The van der Waals surface area contributed by atoms with Crippen LogP contribution in [0.2, 0.25) is 0 Å². The third-order valence-electron chi connectivity index (χ3n) is 4.14. The monoisotopic (exact) mass is 300 g/mol. The Morgan fingerprint density at radius 2 is 2.00 bits per heavy atom. The van der Waals surface area contributed by atoms with Gasteiger partial charge in [0.05, 0.1) is 5.01 Å². The van der Waals surface area contributed by atoms with E-state index < -0.39 is 0 Å². The van der Waals surface area contributed by atoms with Gasteiger partial charge in [-0.25, -0.2) is 4.98 Å². The first-order chi connectivity index (χ1) is 9.99. The SMILES string of the molecule is Cc1nc(C(=O)NC2(Cc3ccccc3C)CC2)c(C)s1. The zero-order valence-electron chi connectivity index (χ0n) is 12.7. The fourth-order valence-corrected chi connectivity index (χ4v) is 3.52. The third-order valence-corrected chi connectivity index (χ3v) is 5.03. The topological polar surface area (TPSA) is 42.0 Å². The van der Waals surface area contributed by atoms with Crippen LogP contribution in [0.3, 0.4) is 0 Å². The molecule has 1 heterocycles. The number of nitrogens with one attached hydrogen (secondary N) is 1. The van der Waals surface area contributed by atoms with Crippen LogP contribution in [0.4, 0.5) is 0 Å². The van der Waals surface area contributed by atoms with E-state index in [1.54, 1.807) is 11.3 Å². The van der Waals surface area contributed by atoms with E-state index in [1.165, 1.54) is 11.1 Å². The average Bonchev–Trinajstić information content (AvgIpc) is 3.08. The normalized spacial score (nSPS) is 15.8. The Balaban J connectivity index is 1.74. The van der Waals surface area contributed by atoms with E-state index in [0.717, 1.165) is 29.1 Å². The van der Waals surface area contributed by atoms with Crippen molar-refractivity contribution >= 4 is 17.2 Å². The minimum absolute atomic E-state index is 0.0251. The molecule has 1 aliphatic rings. The molecule has 1 saturated carbocycles. The van der Waals surface area contributed by atoms with Crippen molar-refractivity contribution in [1.29, 1.82) is 0 Å². The highest BCUT2D eigenvalue weighted by molar-refractivity contribution is 7.11. The molecule has 0 radical (unpaired) electrons. The highest BCUT2D eigenvalue weighted by Crippen LogP contribution is 2.39. The molecule has 3 nitrogen and oxygen atoms in total. The van der Waals surface area contributed by atoms with Gasteiger partial charge in [0.1, 0.15) is 5.69 Å². The summed E-state index contributed by atoms with van der Waals surface area (Å²) in [6.07, 6.45) is 3.01. The minimum atomic E-state index is -0.0623. The maximum absolute atomic E-state index is 12.4. The van der Waals surface area contributed by atoms with Crippen molar-refractivity contribution < 1.29 is 4.79 Å². The maximum Gasteiger partial charge on any atom is 0.271 e. The summed E-state index contributed by atoms with van der Waals surface area (Å²) in [5, 5.41) is 4.16. The molecule has 0 atom stereocenters. The summed E-state index contributed by atoms with van der Waals surface area (Å²) < 4.78 is 0. The molecule has 1 aromatic heterocycles. The number of carbonyl (C=O) groups is 1. The Bertz CT molecular complexity index is 686. The molecule has 1 N–H and O–H groups in total. The number of nitrogens with zero attached hydrogens (tertiary/aromatic N) is 1. The summed E-state index contributed by atoms with van der Waals surface area (Å²) in [6.45, 7) is 6.02. The molecule has 0 unspecified atom stereocenters. The standard InChI is InChI=1S/C17H20N2OS/c1-11-6-4-5-7-14(11)10-17(8-9-17)19-16(20)15-12(2)21-13(3)18-15/h4-7H,8-10H2,1-3H3,(H,19,20). The second-order valence-electron chi connectivity index (χ2n) is 5.98. The van der Waals surface area contributed by atoms with Crippen LogP contribution in [-0.2, 0) is 6.42 Å². The lowest BCUT2D eigenvalue weighted by Gasteiger charge is -2.18. The van der Waals surface area contributed by atoms with Crippen LogP contribution < -0.4 is 5.32 Å². The Morgan fingerprint density at radius 1 is 1.29 bits per heavy atom. The summed E-state index contributed by atoms with van der Waals surface area (Å²) in [7, 11) is 0. The van der Waals surface area contributed by atoms with Crippen molar-refractivity contribution in [3.05, 3.63) is 51.0 Å². The summed E-state index contributed by atoms with van der Waals surface area (Å²) >= 11 is 1.58. The number of rotatable bonds is 4. The molecule has 110 valence electrons. The van der Waals surface area contributed by atoms with Gasteiger partial charge in [0.15, 0.2) is 0 Å². The predicted molar refractivity (Wildman–Crippen MR) is 85.9 cm³/mol. The first-order valence-electron chi connectivity index (χ1n) is 7.30. The van der Waals surface area contributed by atoms with E-state index >= 15 is 0 Å². The fraction of sp³-hybridized carbons (Fsp3) is 0.412. The number of hydrogen-bond donors (Lipinski definition) is 1. The molecule has 1 amide bonds. The number of carbonyl (C=O) groups excluding carboxylic acids is 1. The van der Waals surface area contributed by atoms with Crippen LogP contribution in [0.25, 0.3) is 0 Å². The summed E-state index contributed by atoms with van der Waals surface area (Å²) in [5.74, 6) is -0.0251. The van der Waals surface area contributed by atoms with Gasteiger partial charge in [-0.2, -0.15) is 0 Å². The van der Waals surface area contributed by atoms with Gasteiger partial charge < -0.3 is 5.32 Å². The van der Waals surface area contributed by atoms with Gasteiger partial charge in [0, 0.05) is 10.4 Å². The lowest BCUT2D eigenvalue weighted by Crippen LogP contribution is -2.39. The lowest BCUT2D eigenvalue weighted by atomic mass is 9.99. The number of thiazole rings is 1. The van der Waals surface area contributed by atoms with Crippen LogP contribution in [0.1, 0.15) is 44.3 Å². The van der Waals surface area contributed by atoms with Gasteiger partial charge in [-0.3, -0.25) is 4.79 Å². The molecule has 1 fully saturated rings. The van der Waals surface area contributed by atoms with E-state index in [4.69, 9.17) is 0 Å². The molecular formula is C17H20N2OS. The van der Waals surface area contributed by atoms with E-state index in [0.29, 0.717) is 5.69 Å². The highest BCUT2D eigenvalue weighted by Gasteiger charge is 2.44. The van der Waals surface area contributed by atoms with E-state index in [-0.39, 0.29) is 11.4 Å². The van der Waals surface area contributed by atoms with Crippen molar-refractivity contribution in [1.82, 2.24) is 10.3 Å². The quantitative estimate of drug-likeness (QED) is 0.938. The molecular weight excluding hydrogens is 280 g/mol. The van der Waals surface area contributed by atoms with E-state index in [9.17, 15) is 4.79 Å². The van der Waals surface area contributed by atoms with Crippen LogP contribution >= 0.6 is 11.3 Å². The van der Waals surface area contributed by atoms with Crippen LogP contribution in [-0.4, -0.2) is 16.4 Å². The Kier molecular flexibility index (Phi) is 3.57. The molecule has 3 rings (SSSR count). The van der Waals surface area contributed by atoms with Gasteiger partial charge in [0.2, 0.25) is 0 Å². The third kappa shape index (κ3) is 3.00. The highest BCUT2D eigenvalue weighted by atomic mass is 32.1. The number of hydrogen-bond acceptors (Lipinski definition) is 3. The smallest absolute Gasteiger partial charge is 0.271 e. The first kappa shape index (κ1) is 14.3. The summed E-state index contributed by atoms with van der Waals surface area (Å²) in [4.78, 5) is 17.8. The molecule has 2 aromatic rings. The molecule has 21 heavy (non-hydrogen) atoms. The average molecular weight is 300 g/mol. The maximum atomic E-state index is 12.4. The van der Waals surface area contributed by atoms with Crippen LogP contribution in [0.15, 0.2) is 24.3 Å². The van der Waals surface area contributed by atoms with E-state index in [2.05, 4.69) is 41.5 Å². The molecule has 0 spiro atoms. The fourth-order valence-electron chi connectivity index (χ4n) is 2.71. The molecule has 4 heteroatoms. The molecule has 1 aromatic carbocycles. The van der Waals surface area contributed by atoms with Crippen LogP contribution in [0, 0.1) is 20.8 Å². The summed E-state index contributed by atoms with van der Waals surface area (Å²) in [5.41, 5.74) is 3.14. The van der Waals surface area contributed by atoms with Crippen molar-refractivity contribution in [2.45, 2.75) is 45.6 Å². The van der Waals surface area contributed by atoms with Crippen molar-refractivity contribution in [3.63, 3.8) is 0 Å².